The van der Waals surface area contributed by atoms with Crippen molar-refractivity contribution in [2.24, 2.45) is 0 Å². The first-order valence-corrected chi connectivity index (χ1v) is 5.86. The minimum Gasteiger partial charge on any atom is -0.497 e. The topological polar surface area (TPSA) is 9.23 Å². The van der Waals surface area contributed by atoms with E-state index in [2.05, 4.69) is 33.4 Å². The van der Waals surface area contributed by atoms with Gasteiger partial charge in [0.05, 0.1) is 7.11 Å². The molecule has 1 heterocycles. The maximum Gasteiger partial charge on any atom is 0.119 e. The van der Waals surface area contributed by atoms with Gasteiger partial charge in [0.25, 0.3) is 0 Å². The predicted molar refractivity (Wildman–Crippen MR) is 64.0 cm³/mol. The fraction of sp³-hybridized carbons (Fsp3) is 0.0909. The summed E-state index contributed by atoms with van der Waals surface area (Å²) in [7, 11) is 1.68. The van der Waals surface area contributed by atoms with Crippen molar-refractivity contribution in [2.75, 3.05) is 7.11 Å². The third-order valence-electron chi connectivity index (χ3n) is 1.95. The molecule has 0 saturated heterocycles. The minimum atomic E-state index is 0.891. The third-order valence-corrected chi connectivity index (χ3v) is 3.84. The van der Waals surface area contributed by atoms with E-state index in [0.717, 1.165) is 10.2 Å². The standard InChI is InChI=1S/C11H9BrOS/c1-13-9-4-2-3-8(7-9)11-10(12)5-6-14-11/h2-7H,1H3. The molecule has 0 bridgehead atoms. The smallest absolute Gasteiger partial charge is 0.119 e. The van der Waals surface area contributed by atoms with Gasteiger partial charge in [0.2, 0.25) is 0 Å². The van der Waals surface area contributed by atoms with Gasteiger partial charge in [-0.1, -0.05) is 12.1 Å². The highest BCUT2D eigenvalue weighted by Crippen LogP contribution is 2.34. The van der Waals surface area contributed by atoms with Crippen LogP contribution < -0.4 is 4.74 Å². The molecule has 0 aliphatic rings. The molecule has 1 nitrogen and oxygen atoms in total. The van der Waals surface area contributed by atoms with Gasteiger partial charge in [-0.25, -0.2) is 0 Å². The summed E-state index contributed by atoms with van der Waals surface area (Å²) in [6, 6.07) is 10.1. The molecule has 0 fully saturated rings. The van der Waals surface area contributed by atoms with E-state index < -0.39 is 0 Å². The third kappa shape index (κ3) is 1.83. The first-order valence-electron chi connectivity index (χ1n) is 4.18. The second-order valence-corrected chi connectivity index (χ2v) is 4.60. The quantitative estimate of drug-likeness (QED) is 0.794. The summed E-state index contributed by atoms with van der Waals surface area (Å²) >= 11 is 5.24. The molecule has 72 valence electrons. The average Bonchev–Trinajstić information content (AvgIpc) is 2.65. The number of benzene rings is 1. The molecule has 0 N–H and O–H groups in total. The summed E-state index contributed by atoms with van der Waals surface area (Å²) in [4.78, 5) is 1.24. The Morgan fingerprint density at radius 2 is 2.14 bits per heavy atom. The van der Waals surface area contributed by atoms with Crippen LogP contribution in [0.15, 0.2) is 40.2 Å². The molecule has 0 spiro atoms. The van der Waals surface area contributed by atoms with Crippen LogP contribution in [-0.4, -0.2) is 7.11 Å². The highest BCUT2D eigenvalue weighted by molar-refractivity contribution is 9.10. The molecule has 0 unspecified atom stereocenters. The normalized spacial score (nSPS) is 10.1. The first kappa shape index (κ1) is 9.74. The molecule has 0 aliphatic carbocycles. The second-order valence-electron chi connectivity index (χ2n) is 2.83. The van der Waals surface area contributed by atoms with Crippen molar-refractivity contribution in [1.82, 2.24) is 0 Å². The number of hydrogen-bond acceptors (Lipinski definition) is 2. The number of rotatable bonds is 2. The Kier molecular flexibility index (Phi) is 2.89. The summed E-state index contributed by atoms with van der Waals surface area (Å²) in [5.74, 6) is 0.891. The summed E-state index contributed by atoms with van der Waals surface area (Å²) in [6.45, 7) is 0. The predicted octanol–water partition coefficient (Wildman–Crippen LogP) is 4.19. The second kappa shape index (κ2) is 4.15. The van der Waals surface area contributed by atoms with Gasteiger partial charge >= 0.3 is 0 Å². The van der Waals surface area contributed by atoms with Gasteiger partial charge in [0.1, 0.15) is 5.75 Å². The Balaban J connectivity index is 2.47. The van der Waals surface area contributed by atoms with E-state index in [0.29, 0.717) is 0 Å². The van der Waals surface area contributed by atoms with Gasteiger partial charge in [-0.05, 0) is 45.1 Å². The van der Waals surface area contributed by atoms with E-state index in [1.807, 2.05) is 18.2 Å². The Labute approximate surface area is 95.5 Å². The maximum absolute atomic E-state index is 5.18. The molecule has 14 heavy (non-hydrogen) atoms. The molecule has 2 rings (SSSR count). The molecule has 0 amide bonds. The molecule has 0 atom stereocenters. The molecule has 3 heteroatoms. The van der Waals surface area contributed by atoms with Crippen LogP contribution in [0, 0.1) is 0 Å². The van der Waals surface area contributed by atoms with E-state index in [1.165, 1.54) is 10.4 Å². The lowest BCUT2D eigenvalue weighted by molar-refractivity contribution is 0.415. The molecular formula is C11H9BrOS. The van der Waals surface area contributed by atoms with Gasteiger partial charge in [-0.15, -0.1) is 11.3 Å². The molecule has 0 aliphatic heterocycles. The van der Waals surface area contributed by atoms with E-state index >= 15 is 0 Å². The van der Waals surface area contributed by atoms with Crippen molar-refractivity contribution < 1.29 is 4.74 Å². The van der Waals surface area contributed by atoms with E-state index in [-0.39, 0.29) is 0 Å². The summed E-state index contributed by atoms with van der Waals surface area (Å²) in [5, 5.41) is 2.07. The highest BCUT2D eigenvalue weighted by atomic mass is 79.9. The van der Waals surface area contributed by atoms with Gasteiger partial charge in [0.15, 0.2) is 0 Å². The lowest BCUT2D eigenvalue weighted by Crippen LogP contribution is -1.82. The average molecular weight is 269 g/mol. The summed E-state index contributed by atoms with van der Waals surface area (Å²) in [5.41, 5.74) is 1.19. The van der Waals surface area contributed by atoms with E-state index in [1.54, 1.807) is 18.4 Å². The molecular weight excluding hydrogens is 260 g/mol. The zero-order valence-electron chi connectivity index (χ0n) is 7.66. The molecule has 0 radical (unpaired) electrons. The number of thiophene rings is 1. The lowest BCUT2D eigenvalue weighted by atomic mass is 10.2. The minimum absolute atomic E-state index is 0.891. The van der Waals surface area contributed by atoms with Crippen LogP contribution in [-0.2, 0) is 0 Å². The highest BCUT2D eigenvalue weighted by Gasteiger charge is 2.04. The van der Waals surface area contributed by atoms with Crippen LogP contribution in [0.5, 0.6) is 5.75 Å². The van der Waals surface area contributed by atoms with Crippen molar-refractivity contribution >= 4 is 27.3 Å². The van der Waals surface area contributed by atoms with Crippen LogP contribution in [0.2, 0.25) is 0 Å². The number of ether oxygens (including phenoxy) is 1. The van der Waals surface area contributed by atoms with Gasteiger partial charge in [-0.2, -0.15) is 0 Å². The van der Waals surface area contributed by atoms with Crippen LogP contribution in [0.25, 0.3) is 10.4 Å². The largest absolute Gasteiger partial charge is 0.497 e. The Morgan fingerprint density at radius 3 is 2.79 bits per heavy atom. The summed E-state index contributed by atoms with van der Waals surface area (Å²) < 4.78 is 6.32. The van der Waals surface area contributed by atoms with Gasteiger partial charge in [-0.3, -0.25) is 0 Å². The van der Waals surface area contributed by atoms with Crippen LogP contribution in [0.1, 0.15) is 0 Å². The van der Waals surface area contributed by atoms with Crippen molar-refractivity contribution in [3.63, 3.8) is 0 Å². The molecule has 2 aromatic rings. The van der Waals surface area contributed by atoms with Crippen molar-refractivity contribution in [3.8, 4) is 16.2 Å². The van der Waals surface area contributed by atoms with Crippen LogP contribution in [0.4, 0.5) is 0 Å². The number of methoxy groups -OCH3 is 1. The monoisotopic (exact) mass is 268 g/mol. The fourth-order valence-electron chi connectivity index (χ4n) is 1.26. The Hall–Kier alpha value is -0.800. The van der Waals surface area contributed by atoms with E-state index in [4.69, 9.17) is 4.74 Å². The first-order chi connectivity index (χ1) is 6.81. The van der Waals surface area contributed by atoms with Crippen molar-refractivity contribution in [3.05, 3.63) is 40.2 Å². The zero-order chi connectivity index (χ0) is 9.97. The SMILES string of the molecule is COc1cccc(-c2sccc2Br)c1. The zero-order valence-corrected chi connectivity index (χ0v) is 10.1. The molecule has 0 saturated carbocycles. The number of hydrogen-bond donors (Lipinski definition) is 0. The fourth-order valence-corrected chi connectivity index (χ4v) is 2.86. The van der Waals surface area contributed by atoms with Crippen molar-refractivity contribution in [2.45, 2.75) is 0 Å². The van der Waals surface area contributed by atoms with Gasteiger partial charge < -0.3 is 4.74 Å². The van der Waals surface area contributed by atoms with E-state index in [9.17, 15) is 0 Å². The Morgan fingerprint density at radius 1 is 1.29 bits per heavy atom. The van der Waals surface area contributed by atoms with Crippen molar-refractivity contribution in [1.29, 1.82) is 0 Å². The Bertz CT molecular complexity index is 436. The van der Waals surface area contributed by atoms with Crippen LogP contribution in [0.3, 0.4) is 0 Å². The van der Waals surface area contributed by atoms with Crippen LogP contribution >= 0.6 is 27.3 Å². The molecule has 1 aromatic heterocycles. The summed E-state index contributed by atoms with van der Waals surface area (Å²) in [6.07, 6.45) is 0. The maximum atomic E-state index is 5.18. The lowest BCUT2D eigenvalue weighted by Gasteiger charge is -2.02. The number of halogens is 1. The van der Waals surface area contributed by atoms with Gasteiger partial charge in [0, 0.05) is 9.35 Å². The molecule has 1 aromatic carbocycles.